The first-order valence-corrected chi connectivity index (χ1v) is 5.24. The fraction of sp³-hybridized carbons (Fsp3) is 0.500. The SMILES string of the molecule is C#CCCCn1nc(C)c(CC(=O)O)c1C. The lowest BCUT2D eigenvalue weighted by atomic mass is 10.1. The Hall–Kier alpha value is -1.76. The standard InChI is InChI=1S/C12H16N2O2/c1-4-5-6-7-14-10(3)11(8-12(15)16)9(2)13-14/h1H,5-8H2,2-3H3,(H,15,16). The molecule has 16 heavy (non-hydrogen) atoms. The van der Waals surface area contributed by atoms with Gasteiger partial charge in [0.15, 0.2) is 0 Å². The Balaban J connectivity index is 2.81. The average Bonchev–Trinajstić information content (AvgIpc) is 2.46. The topological polar surface area (TPSA) is 55.1 Å². The van der Waals surface area contributed by atoms with Crippen molar-refractivity contribution < 1.29 is 9.90 Å². The van der Waals surface area contributed by atoms with Gasteiger partial charge in [0.25, 0.3) is 0 Å². The molecule has 1 aromatic heterocycles. The van der Waals surface area contributed by atoms with Crippen LogP contribution >= 0.6 is 0 Å². The first kappa shape index (κ1) is 12.3. The summed E-state index contributed by atoms with van der Waals surface area (Å²) in [5.41, 5.74) is 2.53. The van der Waals surface area contributed by atoms with Crippen LogP contribution in [0.2, 0.25) is 0 Å². The molecule has 0 fully saturated rings. The third-order valence-electron chi connectivity index (χ3n) is 2.55. The molecule has 0 aromatic carbocycles. The van der Waals surface area contributed by atoms with E-state index in [2.05, 4.69) is 11.0 Å². The van der Waals surface area contributed by atoms with Crippen LogP contribution in [0.4, 0.5) is 0 Å². The predicted octanol–water partition coefficient (Wildman–Crippen LogP) is 1.54. The van der Waals surface area contributed by atoms with Gasteiger partial charge in [-0.2, -0.15) is 5.10 Å². The van der Waals surface area contributed by atoms with E-state index in [9.17, 15) is 4.79 Å². The van der Waals surface area contributed by atoms with E-state index in [1.54, 1.807) is 0 Å². The van der Waals surface area contributed by atoms with Crippen LogP contribution in [0.1, 0.15) is 29.8 Å². The molecule has 0 unspecified atom stereocenters. The van der Waals surface area contributed by atoms with Crippen LogP contribution in [-0.4, -0.2) is 20.9 Å². The first-order chi connectivity index (χ1) is 7.56. The highest BCUT2D eigenvalue weighted by molar-refractivity contribution is 5.70. The maximum Gasteiger partial charge on any atom is 0.307 e. The number of aryl methyl sites for hydroxylation is 2. The molecule has 0 spiro atoms. The van der Waals surface area contributed by atoms with E-state index in [0.717, 1.165) is 29.9 Å². The number of aliphatic carboxylic acids is 1. The van der Waals surface area contributed by atoms with Crippen LogP contribution in [-0.2, 0) is 17.8 Å². The molecule has 0 atom stereocenters. The third-order valence-corrected chi connectivity index (χ3v) is 2.55. The number of unbranched alkanes of at least 4 members (excludes halogenated alkanes) is 1. The molecule has 1 N–H and O–H groups in total. The van der Waals surface area contributed by atoms with E-state index in [-0.39, 0.29) is 6.42 Å². The number of hydrogen-bond donors (Lipinski definition) is 1. The molecule has 0 aliphatic carbocycles. The molecular formula is C12H16N2O2. The molecule has 86 valence electrons. The lowest BCUT2D eigenvalue weighted by Gasteiger charge is -2.02. The number of carboxylic acids is 1. The van der Waals surface area contributed by atoms with E-state index in [0.29, 0.717) is 6.42 Å². The fourth-order valence-electron chi connectivity index (χ4n) is 1.69. The van der Waals surface area contributed by atoms with Crippen LogP contribution in [0, 0.1) is 26.2 Å². The van der Waals surface area contributed by atoms with Gasteiger partial charge in [-0.1, -0.05) is 0 Å². The summed E-state index contributed by atoms with van der Waals surface area (Å²) >= 11 is 0. The Bertz CT molecular complexity index is 427. The molecular weight excluding hydrogens is 204 g/mol. The molecule has 0 bridgehead atoms. The molecule has 0 aliphatic rings. The maximum absolute atomic E-state index is 10.7. The Labute approximate surface area is 95.3 Å². The van der Waals surface area contributed by atoms with E-state index >= 15 is 0 Å². The summed E-state index contributed by atoms with van der Waals surface area (Å²) < 4.78 is 1.84. The summed E-state index contributed by atoms with van der Waals surface area (Å²) in [5.74, 6) is 1.75. The average molecular weight is 220 g/mol. The largest absolute Gasteiger partial charge is 0.481 e. The number of carboxylic acid groups (broad SMARTS) is 1. The van der Waals surface area contributed by atoms with Gasteiger partial charge in [-0.15, -0.1) is 12.3 Å². The zero-order valence-electron chi connectivity index (χ0n) is 9.66. The Morgan fingerprint density at radius 1 is 1.56 bits per heavy atom. The highest BCUT2D eigenvalue weighted by Gasteiger charge is 2.13. The minimum atomic E-state index is -0.825. The van der Waals surface area contributed by atoms with Crippen LogP contribution < -0.4 is 0 Å². The first-order valence-electron chi connectivity index (χ1n) is 5.24. The van der Waals surface area contributed by atoms with Gasteiger partial charge in [-0.3, -0.25) is 9.48 Å². The Morgan fingerprint density at radius 3 is 2.81 bits per heavy atom. The Kier molecular flexibility index (Phi) is 4.12. The van der Waals surface area contributed by atoms with Crippen molar-refractivity contribution in [3.05, 3.63) is 17.0 Å². The van der Waals surface area contributed by atoms with Crippen molar-refractivity contribution in [2.75, 3.05) is 0 Å². The highest BCUT2D eigenvalue weighted by atomic mass is 16.4. The van der Waals surface area contributed by atoms with Gasteiger partial charge in [0.05, 0.1) is 12.1 Å². The lowest BCUT2D eigenvalue weighted by Crippen LogP contribution is -2.05. The van der Waals surface area contributed by atoms with Crippen LogP contribution in [0.3, 0.4) is 0 Å². The van der Waals surface area contributed by atoms with E-state index in [4.69, 9.17) is 11.5 Å². The zero-order valence-corrected chi connectivity index (χ0v) is 9.66. The quantitative estimate of drug-likeness (QED) is 0.605. The summed E-state index contributed by atoms with van der Waals surface area (Å²) in [6, 6.07) is 0. The van der Waals surface area contributed by atoms with Gasteiger partial charge in [0.2, 0.25) is 0 Å². The Morgan fingerprint density at radius 2 is 2.25 bits per heavy atom. The minimum absolute atomic E-state index is 0.0345. The summed E-state index contributed by atoms with van der Waals surface area (Å²) in [5, 5.41) is 13.1. The van der Waals surface area contributed by atoms with Crippen molar-refractivity contribution in [2.24, 2.45) is 0 Å². The number of terminal acetylenes is 1. The summed E-state index contributed by atoms with van der Waals surface area (Å²) in [7, 11) is 0. The smallest absolute Gasteiger partial charge is 0.307 e. The summed E-state index contributed by atoms with van der Waals surface area (Å²) in [4.78, 5) is 10.7. The van der Waals surface area contributed by atoms with Crippen LogP contribution in [0.25, 0.3) is 0 Å². The molecule has 0 radical (unpaired) electrons. The number of hydrogen-bond acceptors (Lipinski definition) is 2. The van der Waals surface area contributed by atoms with Crippen molar-refractivity contribution in [1.29, 1.82) is 0 Å². The van der Waals surface area contributed by atoms with Gasteiger partial charge in [0.1, 0.15) is 0 Å². The minimum Gasteiger partial charge on any atom is -0.481 e. The van der Waals surface area contributed by atoms with Crippen molar-refractivity contribution in [1.82, 2.24) is 9.78 Å². The summed E-state index contributed by atoms with van der Waals surface area (Å²) in [6.07, 6.45) is 6.79. The molecule has 0 aliphatic heterocycles. The van der Waals surface area contributed by atoms with Crippen molar-refractivity contribution in [2.45, 2.75) is 39.7 Å². The van der Waals surface area contributed by atoms with E-state index in [1.165, 1.54) is 0 Å². The lowest BCUT2D eigenvalue weighted by molar-refractivity contribution is -0.136. The second-order valence-corrected chi connectivity index (χ2v) is 3.75. The van der Waals surface area contributed by atoms with Crippen molar-refractivity contribution in [3.63, 3.8) is 0 Å². The van der Waals surface area contributed by atoms with Gasteiger partial charge in [0, 0.05) is 24.2 Å². The molecule has 0 saturated heterocycles. The van der Waals surface area contributed by atoms with Crippen molar-refractivity contribution >= 4 is 5.97 Å². The van der Waals surface area contributed by atoms with E-state index in [1.807, 2.05) is 18.5 Å². The highest BCUT2D eigenvalue weighted by Crippen LogP contribution is 2.14. The molecule has 1 rings (SSSR count). The van der Waals surface area contributed by atoms with Gasteiger partial charge < -0.3 is 5.11 Å². The molecule has 0 amide bonds. The number of carbonyl (C=O) groups is 1. The third kappa shape index (κ3) is 2.86. The van der Waals surface area contributed by atoms with Crippen LogP contribution in [0.15, 0.2) is 0 Å². The molecule has 4 nitrogen and oxygen atoms in total. The number of rotatable bonds is 5. The van der Waals surface area contributed by atoms with Gasteiger partial charge in [-0.05, 0) is 20.3 Å². The normalized spacial score (nSPS) is 10.1. The second-order valence-electron chi connectivity index (χ2n) is 3.75. The molecule has 4 heteroatoms. The maximum atomic E-state index is 10.7. The van der Waals surface area contributed by atoms with Crippen LogP contribution in [0.5, 0.6) is 0 Å². The molecule has 1 aromatic rings. The van der Waals surface area contributed by atoms with Gasteiger partial charge in [-0.25, -0.2) is 0 Å². The fourth-order valence-corrected chi connectivity index (χ4v) is 1.69. The summed E-state index contributed by atoms with van der Waals surface area (Å²) in [6.45, 7) is 4.48. The monoisotopic (exact) mass is 220 g/mol. The van der Waals surface area contributed by atoms with E-state index < -0.39 is 5.97 Å². The van der Waals surface area contributed by atoms with Gasteiger partial charge >= 0.3 is 5.97 Å². The number of aromatic nitrogens is 2. The predicted molar refractivity (Wildman–Crippen MR) is 61.1 cm³/mol. The second kappa shape index (κ2) is 5.36. The van der Waals surface area contributed by atoms with Crippen molar-refractivity contribution in [3.8, 4) is 12.3 Å². The number of nitrogens with zero attached hydrogens (tertiary/aromatic N) is 2. The molecule has 1 heterocycles. The molecule has 0 saturated carbocycles. The zero-order chi connectivity index (χ0) is 12.1.